The zero-order valence-electron chi connectivity index (χ0n) is 21.9. The molecule has 3 unspecified atom stereocenters. The molecule has 4 rings (SSSR count). The first-order chi connectivity index (χ1) is 18.4. The van der Waals surface area contributed by atoms with Crippen LogP contribution in [0.25, 0.3) is 0 Å². The maximum atomic E-state index is 13.1. The zero-order chi connectivity index (χ0) is 27.2. The fourth-order valence-corrected chi connectivity index (χ4v) is 5.19. The summed E-state index contributed by atoms with van der Waals surface area (Å²) < 4.78 is 46.6. The summed E-state index contributed by atoms with van der Waals surface area (Å²) in [5.41, 5.74) is 3.53. The number of nitrogens with zero attached hydrogens (tertiary/aromatic N) is 2. The van der Waals surface area contributed by atoms with E-state index in [9.17, 15) is 18.7 Å². The highest BCUT2D eigenvalue weighted by molar-refractivity contribution is 6.15. The first-order valence-electron chi connectivity index (χ1n) is 12.7. The van der Waals surface area contributed by atoms with Gasteiger partial charge in [0.05, 0.1) is 38.2 Å². The van der Waals surface area contributed by atoms with E-state index in [4.69, 9.17) is 23.9 Å². The van der Waals surface area contributed by atoms with Crippen molar-refractivity contribution in [3.8, 4) is 11.5 Å². The van der Waals surface area contributed by atoms with Gasteiger partial charge in [-0.15, -0.1) is 0 Å². The second-order valence-corrected chi connectivity index (χ2v) is 9.44. The lowest BCUT2D eigenvalue weighted by Crippen LogP contribution is -2.36. The lowest BCUT2D eigenvalue weighted by Gasteiger charge is -2.37. The van der Waals surface area contributed by atoms with Gasteiger partial charge < -0.3 is 29.0 Å². The number of alkyl halides is 2. The number of aliphatic hydroxyl groups excluding tert-OH is 1. The molecule has 1 saturated carbocycles. The van der Waals surface area contributed by atoms with Gasteiger partial charge in [-0.2, -0.15) is 8.78 Å². The van der Waals surface area contributed by atoms with Crippen molar-refractivity contribution in [3.63, 3.8) is 0 Å². The summed E-state index contributed by atoms with van der Waals surface area (Å²) in [6.07, 6.45) is 1.31. The van der Waals surface area contributed by atoms with Gasteiger partial charge in [0.1, 0.15) is 0 Å². The van der Waals surface area contributed by atoms with Crippen molar-refractivity contribution in [2.24, 2.45) is 4.99 Å². The maximum absolute atomic E-state index is 13.1. The number of ether oxygens (including phenoxy) is 4. The fourth-order valence-electron chi connectivity index (χ4n) is 5.19. The van der Waals surface area contributed by atoms with Crippen molar-refractivity contribution in [2.75, 3.05) is 47.6 Å². The minimum atomic E-state index is -3.00. The molecular weight excluding hydrogens is 498 g/mol. The first-order valence-corrected chi connectivity index (χ1v) is 12.7. The summed E-state index contributed by atoms with van der Waals surface area (Å²) in [5, 5.41) is 10.3. The Balaban J connectivity index is 1.69. The summed E-state index contributed by atoms with van der Waals surface area (Å²) in [5.74, 6) is -0.132. The maximum Gasteiger partial charge on any atom is 0.387 e. The van der Waals surface area contributed by atoms with Crippen molar-refractivity contribution in [1.29, 1.82) is 0 Å². The van der Waals surface area contributed by atoms with E-state index in [1.807, 2.05) is 12.1 Å². The highest BCUT2D eigenvalue weighted by atomic mass is 19.3. The lowest BCUT2D eigenvalue weighted by molar-refractivity contribution is -0.0513. The molecule has 2 aromatic carbocycles. The van der Waals surface area contributed by atoms with Gasteiger partial charge in [0, 0.05) is 49.9 Å². The molecule has 1 fully saturated rings. The topological polar surface area (TPSA) is 89.8 Å². The Kier molecular flexibility index (Phi) is 9.30. The number of carbonyl (C=O) groups excluding carboxylic acids is 1. The molecule has 38 heavy (non-hydrogen) atoms. The van der Waals surface area contributed by atoms with E-state index in [0.717, 1.165) is 16.7 Å². The number of amides is 1. The Bertz CT molecular complexity index is 1130. The molecule has 1 aliphatic carbocycles. The van der Waals surface area contributed by atoms with E-state index < -0.39 is 12.7 Å². The van der Waals surface area contributed by atoms with Crippen LogP contribution in [0.2, 0.25) is 0 Å². The molecule has 0 spiro atoms. The highest BCUT2D eigenvalue weighted by Crippen LogP contribution is 2.45. The van der Waals surface area contributed by atoms with Crippen LogP contribution in [-0.4, -0.2) is 88.0 Å². The summed E-state index contributed by atoms with van der Waals surface area (Å²) >= 11 is 0. The second-order valence-electron chi connectivity index (χ2n) is 9.44. The van der Waals surface area contributed by atoms with Crippen molar-refractivity contribution < 1.29 is 37.6 Å². The SMILES string of the molecule is COCCN(CCOC)C(=O)c1ccc(C2=NC3CCC(O)CC3c3cc(OC(F)F)c(OC)cc32)cc1. The number of fused-ring (bicyclic) bond motifs is 3. The Morgan fingerprint density at radius 2 is 1.74 bits per heavy atom. The largest absolute Gasteiger partial charge is 0.493 e. The zero-order valence-corrected chi connectivity index (χ0v) is 21.9. The monoisotopic (exact) mass is 532 g/mol. The van der Waals surface area contributed by atoms with Gasteiger partial charge in [-0.05, 0) is 49.1 Å². The van der Waals surface area contributed by atoms with Crippen LogP contribution in [0.15, 0.2) is 41.4 Å². The Morgan fingerprint density at radius 3 is 2.34 bits per heavy atom. The summed E-state index contributed by atoms with van der Waals surface area (Å²) in [7, 11) is 4.57. The normalized spacial score (nSPS) is 20.4. The Morgan fingerprint density at radius 1 is 1.05 bits per heavy atom. The molecule has 206 valence electrons. The van der Waals surface area contributed by atoms with Crippen LogP contribution in [0.3, 0.4) is 0 Å². The molecule has 2 aliphatic rings. The summed E-state index contributed by atoms with van der Waals surface area (Å²) in [6.45, 7) is -1.28. The van der Waals surface area contributed by atoms with E-state index >= 15 is 0 Å². The standard InChI is InChI=1S/C28H34F2N2O6/c1-35-12-10-32(11-13-36-2)27(34)18-6-4-17(5-7-18)26-22-16-24(37-3)25(38-28(29)30)15-20(22)21-14-19(33)8-9-23(21)31-26/h4-7,15-16,19,21,23,28,33H,8-14H2,1-3H3. The van der Waals surface area contributed by atoms with Crippen molar-refractivity contribution >= 4 is 11.6 Å². The molecule has 3 atom stereocenters. The highest BCUT2D eigenvalue weighted by Gasteiger charge is 2.37. The van der Waals surface area contributed by atoms with E-state index in [1.165, 1.54) is 7.11 Å². The second kappa shape index (κ2) is 12.6. The van der Waals surface area contributed by atoms with E-state index in [-0.39, 0.29) is 29.4 Å². The van der Waals surface area contributed by atoms with Crippen molar-refractivity contribution in [3.05, 3.63) is 58.7 Å². The lowest BCUT2D eigenvalue weighted by atomic mass is 9.74. The molecule has 1 aliphatic heterocycles. The van der Waals surface area contributed by atoms with Crippen LogP contribution < -0.4 is 9.47 Å². The van der Waals surface area contributed by atoms with Gasteiger partial charge in [0.15, 0.2) is 11.5 Å². The van der Waals surface area contributed by atoms with Crippen LogP contribution in [0.4, 0.5) is 8.78 Å². The molecule has 1 N–H and O–H groups in total. The predicted octanol–water partition coefficient (Wildman–Crippen LogP) is 3.88. The third-order valence-corrected chi connectivity index (χ3v) is 7.11. The smallest absolute Gasteiger partial charge is 0.387 e. The van der Waals surface area contributed by atoms with Gasteiger partial charge in [0.2, 0.25) is 0 Å². The molecule has 0 bridgehead atoms. The minimum absolute atomic E-state index is 0.0468. The van der Waals surface area contributed by atoms with Crippen LogP contribution in [0.5, 0.6) is 11.5 Å². The predicted molar refractivity (Wildman–Crippen MR) is 138 cm³/mol. The van der Waals surface area contributed by atoms with Crippen molar-refractivity contribution in [2.45, 2.75) is 43.9 Å². The van der Waals surface area contributed by atoms with E-state index in [2.05, 4.69) is 0 Å². The number of rotatable bonds is 11. The van der Waals surface area contributed by atoms with E-state index in [1.54, 1.807) is 43.4 Å². The number of benzene rings is 2. The Labute approximate surface area is 221 Å². The molecule has 0 saturated heterocycles. The average Bonchev–Trinajstić information content (AvgIpc) is 2.92. The Hall–Kier alpha value is -3.08. The molecule has 2 aromatic rings. The third-order valence-electron chi connectivity index (χ3n) is 7.11. The summed E-state index contributed by atoms with van der Waals surface area (Å²) in [6, 6.07) is 10.4. The van der Waals surface area contributed by atoms with Crippen molar-refractivity contribution in [1.82, 2.24) is 4.90 Å². The molecule has 8 nitrogen and oxygen atoms in total. The number of hydrogen-bond donors (Lipinski definition) is 1. The number of methoxy groups -OCH3 is 3. The first kappa shape index (κ1) is 27.9. The van der Waals surface area contributed by atoms with Gasteiger partial charge in [-0.25, -0.2) is 0 Å². The van der Waals surface area contributed by atoms with Crippen LogP contribution in [0, 0.1) is 0 Å². The summed E-state index contributed by atoms with van der Waals surface area (Å²) in [4.78, 5) is 19.9. The molecule has 1 heterocycles. The number of hydrogen-bond acceptors (Lipinski definition) is 7. The van der Waals surface area contributed by atoms with Gasteiger partial charge in [0.25, 0.3) is 5.91 Å². The number of halogens is 2. The molecule has 1 amide bonds. The quantitative estimate of drug-likeness (QED) is 0.473. The molecule has 0 aromatic heterocycles. The molecule has 10 heteroatoms. The van der Waals surface area contributed by atoms with Crippen LogP contribution in [-0.2, 0) is 9.47 Å². The van der Waals surface area contributed by atoms with Crippen LogP contribution in [0.1, 0.15) is 52.2 Å². The van der Waals surface area contributed by atoms with Crippen LogP contribution >= 0.6 is 0 Å². The van der Waals surface area contributed by atoms with Gasteiger partial charge in [-0.3, -0.25) is 9.79 Å². The third kappa shape index (κ3) is 6.14. The van der Waals surface area contributed by atoms with E-state index in [0.29, 0.717) is 56.8 Å². The molecule has 0 radical (unpaired) electrons. The molecular formula is C28H34F2N2O6. The average molecular weight is 533 g/mol. The number of carbonyl (C=O) groups is 1. The fraction of sp³-hybridized carbons (Fsp3) is 0.500. The number of aliphatic hydroxyl groups is 1. The minimum Gasteiger partial charge on any atom is -0.493 e. The van der Waals surface area contributed by atoms with Gasteiger partial charge in [-0.1, -0.05) is 12.1 Å². The van der Waals surface area contributed by atoms with Gasteiger partial charge >= 0.3 is 6.61 Å². The number of aliphatic imine (C=N–C) groups is 1.